The number of benzene rings is 1. The van der Waals surface area contributed by atoms with Crippen LogP contribution in [0.3, 0.4) is 0 Å². The molecule has 1 aromatic heterocycles. The molecule has 110 valence electrons. The summed E-state index contributed by atoms with van der Waals surface area (Å²) < 4.78 is 0. The van der Waals surface area contributed by atoms with Crippen LogP contribution in [0.4, 0.5) is 9.93 Å². The van der Waals surface area contributed by atoms with Gasteiger partial charge in [-0.25, -0.2) is 4.79 Å². The van der Waals surface area contributed by atoms with Gasteiger partial charge in [-0.15, -0.1) is 10.2 Å². The first kappa shape index (κ1) is 14.3. The number of hydrogen-bond acceptors (Lipinski definition) is 4. The van der Waals surface area contributed by atoms with E-state index >= 15 is 0 Å². The number of carbonyl (C=O) groups excluding carboxylic acids is 1. The largest absolute Gasteiger partial charge is 0.331 e. The van der Waals surface area contributed by atoms with E-state index in [9.17, 15) is 4.79 Å². The Morgan fingerprint density at radius 3 is 2.62 bits per heavy atom. The van der Waals surface area contributed by atoms with Crippen molar-refractivity contribution in [2.45, 2.75) is 25.8 Å². The molecule has 0 aliphatic heterocycles. The highest BCUT2D eigenvalue weighted by atomic mass is 35.5. The molecular weight excluding hydrogens is 308 g/mol. The second-order valence-electron chi connectivity index (χ2n) is 5.09. The minimum absolute atomic E-state index is 0.0104. The molecule has 21 heavy (non-hydrogen) atoms. The van der Waals surface area contributed by atoms with Crippen LogP contribution in [0.5, 0.6) is 0 Å². The maximum absolute atomic E-state index is 12.1. The number of rotatable bonds is 4. The Hall–Kier alpha value is -1.66. The molecule has 1 heterocycles. The van der Waals surface area contributed by atoms with Crippen molar-refractivity contribution in [2.75, 3.05) is 5.32 Å². The van der Waals surface area contributed by atoms with Gasteiger partial charge in [0.25, 0.3) is 0 Å². The van der Waals surface area contributed by atoms with E-state index in [0.717, 1.165) is 23.4 Å². The lowest BCUT2D eigenvalue weighted by Gasteiger charge is -2.18. The number of aromatic nitrogens is 2. The molecule has 1 aliphatic rings. The molecular formula is C14H15ClN4OS. The number of anilines is 1. The minimum atomic E-state index is -0.252. The van der Waals surface area contributed by atoms with Crippen LogP contribution < -0.4 is 10.6 Å². The summed E-state index contributed by atoms with van der Waals surface area (Å²) in [7, 11) is 0. The molecule has 7 heteroatoms. The van der Waals surface area contributed by atoms with Crippen LogP contribution in [-0.4, -0.2) is 16.2 Å². The summed E-state index contributed by atoms with van der Waals surface area (Å²) in [4.78, 5) is 12.1. The molecule has 0 spiro atoms. The van der Waals surface area contributed by atoms with E-state index in [2.05, 4.69) is 20.8 Å². The number of nitrogens with zero attached hydrogens (tertiary/aromatic N) is 2. The molecule has 2 amide bonds. The van der Waals surface area contributed by atoms with Crippen molar-refractivity contribution in [3.05, 3.63) is 39.9 Å². The van der Waals surface area contributed by atoms with E-state index in [1.54, 1.807) is 0 Å². The zero-order valence-electron chi connectivity index (χ0n) is 11.5. The van der Waals surface area contributed by atoms with Crippen LogP contribution in [0, 0.1) is 12.8 Å². The van der Waals surface area contributed by atoms with Gasteiger partial charge in [0, 0.05) is 5.02 Å². The molecule has 1 aliphatic carbocycles. The van der Waals surface area contributed by atoms with E-state index in [4.69, 9.17) is 11.6 Å². The zero-order valence-corrected chi connectivity index (χ0v) is 13.0. The lowest BCUT2D eigenvalue weighted by Crippen LogP contribution is -2.33. The van der Waals surface area contributed by atoms with Gasteiger partial charge in [-0.3, -0.25) is 5.32 Å². The van der Waals surface area contributed by atoms with Crippen molar-refractivity contribution < 1.29 is 4.79 Å². The van der Waals surface area contributed by atoms with Crippen LogP contribution in [0.2, 0.25) is 5.02 Å². The minimum Gasteiger partial charge on any atom is -0.331 e. The Kier molecular flexibility index (Phi) is 4.07. The Bertz CT molecular complexity index is 639. The van der Waals surface area contributed by atoms with E-state index in [-0.39, 0.29) is 12.1 Å². The summed E-state index contributed by atoms with van der Waals surface area (Å²) in [5.74, 6) is 0.494. The molecule has 1 unspecified atom stereocenters. The first-order chi connectivity index (χ1) is 10.1. The fourth-order valence-corrected chi connectivity index (χ4v) is 2.91. The van der Waals surface area contributed by atoms with Crippen LogP contribution in [-0.2, 0) is 0 Å². The summed E-state index contributed by atoms with van der Waals surface area (Å²) in [6.45, 7) is 1.85. The normalized spacial score (nSPS) is 15.5. The van der Waals surface area contributed by atoms with Gasteiger partial charge in [-0.05, 0) is 43.4 Å². The monoisotopic (exact) mass is 322 g/mol. The number of aryl methyl sites for hydroxylation is 1. The summed E-state index contributed by atoms with van der Waals surface area (Å²) in [5, 5.41) is 15.5. The molecule has 1 fully saturated rings. The third-order valence-corrected chi connectivity index (χ3v) is 4.36. The molecule has 5 nitrogen and oxygen atoms in total. The Labute approximate surface area is 131 Å². The molecule has 1 aromatic carbocycles. The van der Waals surface area contributed by atoms with Crippen LogP contribution in [0.25, 0.3) is 0 Å². The number of carbonyl (C=O) groups is 1. The quantitative estimate of drug-likeness (QED) is 0.900. The fraction of sp³-hybridized carbons (Fsp3) is 0.357. The summed E-state index contributed by atoms with van der Waals surface area (Å²) in [6.07, 6.45) is 2.26. The third-order valence-electron chi connectivity index (χ3n) is 3.36. The second kappa shape index (κ2) is 5.99. The van der Waals surface area contributed by atoms with Crippen LogP contribution in [0.1, 0.15) is 29.5 Å². The van der Waals surface area contributed by atoms with E-state index in [1.165, 1.54) is 11.3 Å². The molecule has 2 aromatic rings. The lowest BCUT2D eigenvalue weighted by molar-refractivity contribution is 0.247. The third kappa shape index (κ3) is 3.71. The van der Waals surface area contributed by atoms with Gasteiger partial charge in [0.1, 0.15) is 5.01 Å². The summed E-state index contributed by atoms with van der Waals surface area (Å²) >= 11 is 7.27. The maximum Gasteiger partial charge on any atom is 0.321 e. The predicted molar refractivity (Wildman–Crippen MR) is 83.7 cm³/mol. The maximum atomic E-state index is 12.1. The van der Waals surface area contributed by atoms with Crippen molar-refractivity contribution in [3.8, 4) is 0 Å². The Morgan fingerprint density at radius 2 is 2.05 bits per heavy atom. The van der Waals surface area contributed by atoms with Crippen molar-refractivity contribution in [3.63, 3.8) is 0 Å². The zero-order chi connectivity index (χ0) is 14.8. The second-order valence-corrected chi connectivity index (χ2v) is 6.71. The molecule has 1 saturated carbocycles. The standard InChI is InChI=1S/C14H15ClN4OS/c1-8-18-19-14(21-8)17-13(20)16-12(9-2-3-9)10-4-6-11(15)7-5-10/h4-7,9,12H,2-3H2,1H3,(H2,16,17,19,20). The number of urea groups is 1. The SMILES string of the molecule is Cc1nnc(NC(=O)NC(c2ccc(Cl)cc2)C2CC2)s1. The fourth-order valence-electron chi connectivity index (χ4n) is 2.19. The number of hydrogen-bond donors (Lipinski definition) is 2. The number of nitrogens with one attached hydrogen (secondary N) is 2. The average molecular weight is 323 g/mol. The van der Waals surface area contributed by atoms with Crippen LogP contribution in [0.15, 0.2) is 24.3 Å². The highest BCUT2D eigenvalue weighted by molar-refractivity contribution is 7.15. The van der Waals surface area contributed by atoms with Crippen molar-refractivity contribution >= 4 is 34.1 Å². The first-order valence-corrected chi connectivity index (χ1v) is 7.94. The Balaban J connectivity index is 1.67. The molecule has 0 saturated heterocycles. The van der Waals surface area contributed by atoms with E-state index < -0.39 is 0 Å². The summed E-state index contributed by atoms with van der Waals surface area (Å²) in [6, 6.07) is 7.37. The molecule has 0 bridgehead atoms. The first-order valence-electron chi connectivity index (χ1n) is 6.75. The van der Waals surface area contributed by atoms with Crippen molar-refractivity contribution in [1.82, 2.24) is 15.5 Å². The molecule has 0 radical (unpaired) electrons. The van der Waals surface area contributed by atoms with E-state index in [0.29, 0.717) is 16.1 Å². The molecule has 2 N–H and O–H groups in total. The van der Waals surface area contributed by atoms with Gasteiger partial charge in [0.05, 0.1) is 6.04 Å². The highest BCUT2D eigenvalue weighted by Gasteiger charge is 2.33. The van der Waals surface area contributed by atoms with E-state index in [1.807, 2.05) is 31.2 Å². The van der Waals surface area contributed by atoms with Gasteiger partial charge < -0.3 is 5.32 Å². The van der Waals surface area contributed by atoms with Gasteiger partial charge in [0.2, 0.25) is 5.13 Å². The smallest absolute Gasteiger partial charge is 0.321 e. The van der Waals surface area contributed by atoms with Gasteiger partial charge in [0.15, 0.2) is 0 Å². The number of halogens is 1. The van der Waals surface area contributed by atoms with Crippen molar-refractivity contribution in [2.24, 2.45) is 5.92 Å². The van der Waals surface area contributed by atoms with Crippen LogP contribution >= 0.6 is 22.9 Å². The average Bonchev–Trinajstić information content (AvgIpc) is 3.21. The Morgan fingerprint density at radius 1 is 1.33 bits per heavy atom. The van der Waals surface area contributed by atoms with Gasteiger partial charge >= 0.3 is 6.03 Å². The summed E-state index contributed by atoms with van der Waals surface area (Å²) in [5.41, 5.74) is 1.07. The molecule has 3 rings (SSSR count). The highest BCUT2D eigenvalue weighted by Crippen LogP contribution is 2.41. The topological polar surface area (TPSA) is 66.9 Å². The number of amides is 2. The van der Waals surface area contributed by atoms with Crippen molar-refractivity contribution in [1.29, 1.82) is 0 Å². The predicted octanol–water partition coefficient (Wildman–Crippen LogP) is 3.77. The molecule has 1 atom stereocenters. The lowest BCUT2D eigenvalue weighted by atomic mass is 10.0. The van der Waals surface area contributed by atoms with Gasteiger partial charge in [-0.1, -0.05) is 35.1 Å². The van der Waals surface area contributed by atoms with Gasteiger partial charge in [-0.2, -0.15) is 0 Å².